The van der Waals surface area contributed by atoms with Gasteiger partial charge in [0.25, 0.3) is 5.91 Å². The molecule has 10 nitrogen and oxygen atoms in total. The highest BCUT2D eigenvalue weighted by Crippen LogP contribution is 2.27. The molecule has 0 aromatic carbocycles. The zero-order valence-electron chi connectivity index (χ0n) is 16.1. The number of ether oxygens (including phenoxy) is 6. The molecule has 1 amide bonds. The molecule has 0 saturated carbocycles. The van der Waals surface area contributed by atoms with Crippen molar-refractivity contribution in [3.8, 4) is 11.5 Å². The fraction of sp³-hybridized carbons (Fsp3) is 0.667. The average molecular weight is 400 g/mol. The molecule has 0 spiro atoms. The van der Waals surface area contributed by atoms with Crippen LogP contribution in [0.25, 0.3) is 0 Å². The van der Waals surface area contributed by atoms with E-state index in [-0.39, 0.29) is 36.4 Å². The second-order valence-electron chi connectivity index (χ2n) is 5.83. The highest BCUT2D eigenvalue weighted by Gasteiger charge is 2.18. The number of hydrogen-bond donors (Lipinski definition) is 2. The SMILES string of the molecule is COc1ccnc(C(=O)NCC2COCCOCCOCCOCCO2)c1O. The summed E-state index contributed by atoms with van der Waals surface area (Å²) in [5, 5.41) is 12.7. The third-order valence-corrected chi connectivity index (χ3v) is 3.81. The van der Waals surface area contributed by atoms with E-state index in [0.717, 1.165) is 0 Å². The molecule has 0 radical (unpaired) electrons. The smallest absolute Gasteiger partial charge is 0.273 e. The summed E-state index contributed by atoms with van der Waals surface area (Å²) in [6.45, 7) is 4.04. The van der Waals surface area contributed by atoms with Crippen molar-refractivity contribution in [2.75, 3.05) is 73.1 Å². The Kier molecular flexibility index (Phi) is 10.5. The quantitative estimate of drug-likeness (QED) is 0.719. The van der Waals surface area contributed by atoms with Crippen molar-refractivity contribution in [2.45, 2.75) is 6.10 Å². The first-order valence-electron chi connectivity index (χ1n) is 9.15. The Morgan fingerprint density at radius 3 is 2.36 bits per heavy atom. The van der Waals surface area contributed by atoms with Gasteiger partial charge in [-0.3, -0.25) is 4.79 Å². The van der Waals surface area contributed by atoms with Gasteiger partial charge in [0.15, 0.2) is 17.2 Å². The minimum Gasteiger partial charge on any atom is -0.503 e. The maximum absolute atomic E-state index is 12.3. The predicted octanol–water partition coefficient (Wildman–Crippen LogP) is -0.00920. The van der Waals surface area contributed by atoms with Crippen LogP contribution in [0.2, 0.25) is 0 Å². The number of nitrogens with one attached hydrogen (secondary N) is 1. The number of aromatic nitrogens is 1. The molecular formula is C18H28N2O8. The number of nitrogens with zero attached hydrogens (tertiary/aromatic N) is 1. The van der Waals surface area contributed by atoms with E-state index in [0.29, 0.717) is 52.9 Å². The number of carbonyl (C=O) groups is 1. The molecule has 2 N–H and O–H groups in total. The second kappa shape index (κ2) is 13.2. The zero-order valence-corrected chi connectivity index (χ0v) is 16.1. The van der Waals surface area contributed by atoms with Crippen LogP contribution in [-0.4, -0.2) is 95.2 Å². The summed E-state index contributed by atoms with van der Waals surface area (Å²) in [6, 6.07) is 1.47. The molecule has 28 heavy (non-hydrogen) atoms. The molecule has 1 atom stereocenters. The van der Waals surface area contributed by atoms with Crippen molar-refractivity contribution in [1.29, 1.82) is 0 Å². The van der Waals surface area contributed by atoms with Crippen LogP contribution in [0.5, 0.6) is 11.5 Å². The van der Waals surface area contributed by atoms with Crippen molar-refractivity contribution in [3.05, 3.63) is 18.0 Å². The van der Waals surface area contributed by atoms with Crippen molar-refractivity contribution in [2.24, 2.45) is 0 Å². The van der Waals surface area contributed by atoms with E-state index in [1.165, 1.54) is 19.4 Å². The summed E-state index contributed by atoms with van der Waals surface area (Å²) in [5.74, 6) is -0.670. The molecule has 1 fully saturated rings. The highest BCUT2D eigenvalue weighted by atomic mass is 16.6. The fourth-order valence-corrected chi connectivity index (χ4v) is 2.37. The molecule has 1 aromatic heterocycles. The lowest BCUT2D eigenvalue weighted by Crippen LogP contribution is -2.37. The molecule has 1 unspecified atom stereocenters. The van der Waals surface area contributed by atoms with E-state index in [9.17, 15) is 9.90 Å². The van der Waals surface area contributed by atoms with Gasteiger partial charge in [-0.15, -0.1) is 0 Å². The zero-order chi connectivity index (χ0) is 20.0. The predicted molar refractivity (Wildman–Crippen MR) is 97.8 cm³/mol. The maximum atomic E-state index is 12.3. The summed E-state index contributed by atoms with van der Waals surface area (Å²) in [7, 11) is 1.40. The Hall–Kier alpha value is -1.98. The van der Waals surface area contributed by atoms with E-state index in [2.05, 4.69) is 10.3 Å². The van der Waals surface area contributed by atoms with Crippen LogP contribution in [0.1, 0.15) is 10.5 Å². The van der Waals surface area contributed by atoms with Crippen molar-refractivity contribution in [1.82, 2.24) is 10.3 Å². The first-order valence-corrected chi connectivity index (χ1v) is 9.15. The summed E-state index contributed by atoms with van der Waals surface area (Å²) in [6.07, 6.45) is 1.000. The van der Waals surface area contributed by atoms with Crippen LogP contribution < -0.4 is 10.1 Å². The Morgan fingerprint density at radius 2 is 1.71 bits per heavy atom. The third-order valence-electron chi connectivity index (χ3n) is 3.81. The minimum absolute atomic E-state index is 0.117. The minimum atomic E-state index is -0.535. The molecule has 2 heterocycles. The van der Waals surface area contributed by atoms with Crippen LogP contribution >= 0.6 is 0 Å². The van der Waals surface area contributed by atoms with Gasteiger partial charge in [0.2, 0.25) is 0 Å². The first-order chi connectivity index (χ1) is 13.7. The summed E-state index contributed by atoms with van der Waals surface area (Å²) < 4.78 is 32.4. The van der Waals surface area contributed by atoms with E-state index in [4.69, 9.17) is 28.4 Å². The standard InChI is InChI=1S/C18H28N2O8/c1-23-15-2-3-19-16(17(15)21)18(22)20-12-14-13-27-9-8-25-5-4-24-6-7-26-10-11-28-14/h2-3,14,21H,4-13H2,1H3,(H,20,22). The Bertz CT molecular complexity index is 571. The molecule has 1 aliphatic rings. The molecule has 158 valence electrons. The number of hydrogen-bond acceptors (Lipinski definition) is 9. The molecule has 0 bridgehead atoms. The number of amides is 1. The lowest BCUT2D eigenvalue weighted by molar-refractivity contribution is -0.0438. The number of pyridine rings is 1. The lowest BCUT2D eigenvalue weighted by atomic mass is 10.2. The number of methoxy groups -OCH3 is 1. The van der Waals surface area contributed by atoms with Crippen molar-refractivity contribution in [3.63, 3.8) is 0 Å². The topological polar surface area (TPSA) is 118 Å². The monoisotopic (exact) mass is 400 g/mol. The van der Waals surface area contributed by atoms with Gasteiger partial charge in [-0.1, -0.05) is 0 Å². The van der Waals surface area contributed by atoms with Crippen molar-refractivity contribution < 1.29 is 38.3 Å². The molecular weight excluding hydrogens is 372 g/mol. The third kappa shape index (κ3) is 7.95. The van der Waals surface area contributed by atoms with Crippen LogP contribution in [0.3, 0.4) is 0 Å². The van der Waals surface area contributed by atoms with Gasteiger partial charge in [-0.05, 0) is 0 Å². The Morgan fingerprint density at radius 1 is 1.11 bits per heavy atom. The van der Waals surface area contributed by atoms with Gasteiger partial charge in [0, 0.05) is 18.8 Å². The Labute approximate surface area is 164 Å². The van der Waals surface area contributed by atoms with Gasteiger partial charge in [-0.2, -0.15) is 0 Å². The summed E-state index contributed by atoms with van der Waals surface area (Å²) in [5.41, 5.74) is -0.117. The van der Waals surface area contributed by atoms with Gasteiger partial charge in [0.05, 0.1) is 72.7 Å². The van der Waals surface area contributed by atoms with E-state index in [1.807, 2.05) is 0 Å². The second-order valence-corrected chi connectivity index (χ2v) is 5.83. The Balaban J connectivity index is 1.85. The van der Waals surface area contributed by atoms with Gasteiger partial charge in [0.1, 0.15) is 0 Å². The van der Waals surface area contributed by atoms with E-state index < -0.39 is 5.91 Å². The van der Waals surface area contributed by atoms with Crippen LogP contribution in [0.15, 0.2) is 12.3 Å². The lowest BCUT2D eigenvalue weighted by Gasteiger charge is -2.19. The first kappa shape index (κ1) is 22.3. The highest BCUT2D eigenvalue weighted by molar-refractivity contribution is 5.95. The maximum Gasteiger partial charge on any atom is 0.273 e. The largest absolute Gasteiger partial charge is 0.503 e. The number of rotatable bonds is 4. The average Bonchev–Trinajstić information content (AvgIpc) is 2.72. The molecule has 1 saturated heterocycles. The number of carbonyl (C=O) groups excluding carboxylic acids is 1. The van der Waals surface area contributed by atoms with Gasteiger partial charge < -0.3 is 38.8 Å². The summed E-state index contributed by atoms with van der Waals surface area (Å²) >= 11 is 0. The molecule has 1 aliphatic heterocycles. The van der Waals surface area contributed by atoms with Crippen LogP contribution in [-0.2, 0) is 23.7 Å². The van der Waals surface area contributed by atoms with Crippen LogP contribution in [0, 0.1) is 0 Å². The van der Waals surface area contributed by atoms with E-state index >= 15 is 0 Å². The molecule has 1 aromatic rings. The van der Waals surface area contributed by atoms with Crippen LogP contribution in [0.4, 0.5) is 0 Å². The normalized spacial score (nSPS) is 20.5. The summed E-state index contributed by atoms with van der Waals surface area (Å²) in [4.78, 5) is 16.2. The molecule has 0 aliphatic carbocycles. The molecule has 10 heteroatoms. The van der Waals surface area contributed by atoms with E-state index in [1.54, 1.807) is 0 Å². The van der Waals surface area contributed by atoms with Gasteiger partial charge in [-0.25, -0.2) is 4.98 Å². The van der Waals surface area contributed by atoms with Gasteiger partial charge >= 0.3 is 0 Å². The molecule has 2 rings (SSSR count). The number of aromatic hydroxyl groups is 1. The van der Waals surface area contributed by atoms with Crippen molar-refractivity contribution >= 4 is 5.91 Å². The fourth-order valence-electron chi connectivity index (χ4n) is 2.37.